The second kappa shape index (κ2) is 9.15. The lowest BCUT2D eigenvalue weighted by Crippen LogP contribution is -2.21. The molecule has 9 heteroatoms. The third-order valence-corrected chi connectivity index (χ3v) is 5.16. The molecule has 0 amide bonds. The number of rotatable bonds is 6. The van der Waals surface area contributed by atoms with E-state index in [1.807, 2.05) is 6.92 Å². The zero-order valence-electron chi connectivity index (χ0n) is 17.9. The number of hydrogen-bond acceptors (Lipinski definition) is 6. The summed E-state index contributed by atoms with van der Waals surface area (Å²) in [6, 6.07) is 12.8. The summed E-state index contributed by atoms with van der Waals surface area (Å²) >= 11 is 0. The Labute approximate surface area is 187 Å². The molecule has 0 unspecified atom stereocenters. The van der Waals surface area contributed by atoms with Crippen LogP contribution in [0.25, 0.3) is 11.0 Å². The number of fused-ring (bicyclic) bond motifs is 1. The summed E-state index contributed by atoms with van der Waals surface area (Å²) in [6.45, 7) is 1.85. The Morgan fingerprint density at radius 1 is 1.09 bits per heavy atom. The van der Waals surface area contributed by atoms with Gasteiger partial charge < -0.3 is 10.1 Å². The average Bonchev–Trinajstić information content (AvgIpc) is 2.80. The SMILES string of the molecule is COC(=O)c1ccc([C@H](C)Nc2ncc3ccc(=O)n(Cc4cc(F)cc(F)c4)c3n2)cc1. The Bertz CT molecular complexity index is 1370. The molecule has 1 N–H and O–H groups in total. The number of nitrogens with one attached hydrogen (secondary N) is 1. The van der Waals surface area contributed by atoms with Crippen molar-refractivity contribution in [2.24, 2.45) is 0 Å². The highest BCUT2D eigenvalue weighted by molar-refractivity contribution is 5.89. The van der Waals surface area contributed by atoms with Gasteiger partial charge >= 0.3 is 5.97 Å². The smallest absolute Gasteiger partial charge is 0.337 e. The summed E-state index contributed by atoms with van der Waals surface area (Å²) in [5, 5.41) is 3.77. The fourth-order valence-corrected chi connectivity index (χ4v) is 3.48. The van der Waals surface area contributed by atoms with Crippen LogP contribution in [0.5, 0.6) is 0 Å². The average molecular weight is 450 g/mol. The molecule has 0 saturated heterocycles. The van der Waals surface area contributed by atoms with E-state index >= 15 is 0 Å². The van der Waals surface area contributed by atoms with Gasteiger partial charge in [0.1, 0.15) is 17.3 Å². The molecule has 0 radical (unpaired) electrons. The second-order valence-corrected chi connectivity index (χ2v) is 7.49. The molecule has 33 heavy (non-hydrogen) atoms. The van der Waals surface area contributed by atoms with Crippen LogP contribution in [0.1, 0.15) is 34.5 Å². The van der Waals surface area contributed by atoms with Crippen molar-refractivity contribution in [3.8, 4) is 0 Å². The minimum atomic E-state index is -0.720. The van der Waals surface area contributed by atoms with Crippen molar-refractivity contribution in [3.05, 3.63) is 99.5 Å². The molecule has 168 valence electrons. The van der Waals surface area contributed by atoms with Crippen molar-refractivity contribution in [2.75, 3.05) is 12.4 Å². The molecule has 1 atom stereocenters. The van der Waals surface area contributed by atoms with E-state index < -0.39 is 17.6 Å². The minimum absolute atomic E-state index is 0.0498. The van der Waals surface area contributed by atoms with Crippen LogP contribution in [0.2, 0.25) is 0 Å². The lowest BCUT2D eigenvalue weighted by Gasteiger charge is -2.16. The number of ether oxygens (including phenoxy) is 1. The van der Waals surface area contributed by atoms with Crippen LogP contribution in [0, 0.1) is 11.6 Å². The standard InChI is InChI=1S/C24H20F2N4O3/c1-14(16-3-5-17(6-4-16)23(32)33-2)28-24-27-12-18-7-8-21(31)30(22(18)29-24)13-15-9-19(25)11-20(26)10-15/h3-12,14H,13H2,1-2H3,(H,27,28,29)/t14-/m0/s1. The summed E-state index contributed by atoms with van der Waals surface area (Å²) in [7, 11) is 1.32. The molecular formula is C24H20F2N4O3. The molecule has 7 nitrogen and oxygen atoms in total. The topological polar surface area (TPSA) is 86.1 Å². The van der Waals surface area contributed by atoms with Gasteiger partial charge in [-0.3, -0.25) is 9.36 Å². The molecule has 0 spiro atoms. The first-order valence-corrected chi connectivity index (χ1v) is 10.1. The van der Waals surface area contributed by atoms with E-state index in [1.165, 1.54) is 29.9 Å². The van der Waals surface area contributed by atoms with Crippen molar-refractivity contribution in [1.82, 2.24) is 14.5 Å². The normalized spacial score (nSPS) is 11.9. The van der Waals surface area contributed by atoms with Crippen LogP contribution < -0.4 is 10.9 Å². The van der Waals surface area contributed by atoms with Crippen LogP contribution in [0.15, 0.2) is 65.6 Å². The highest BCUT2D eigenvalue weighted by Gasteiger charge is 2.13. The van der Waals surface area contributed by atoms with Crippen LogP contribution in [0.3, 0.4) is 0 Å². The summed E-state index contributed by atoms with van der Waals surface area (Å²) in [4.78, 5) is 32.9. The first kappa shape index (κ1) is 22.1. The number of carbonyl (C=O) groups excluding carboxylic acids is 1. The van der Waals surface area contributed by atoms with Crippen molar-refractivity contribution >= 4 is 23.0 Å². The van der Waals surface area contributed by atoms with E-state index in [0.29, 0.717) is 22.2 Å². The molecule has 0 aliphatic heterocycles. The van der Waals surface area contributed by atoms with E-state index in [-0.39, 0.29) is 24.1 Å². The molecule has 0 saturated carbocycles. The van der Waals surface area contributed by atoms with Crippen LogP contribution in [-0.4, -0.2) is 27.6 Å². The predicted octanol–water partition coefficient (Wildman–Crippen LogP) is 4.08. The van der Waals surface area contributed by atoms with Crippen molar-refractivity contribution in [3.63, 3.8) is 0 Å². The summed E-state index contributed by atoms with van der Waals surface area (Å²) < 4.78 is 33.3. The maximum absolute atomic E-state index is 13.6. The molecule has 2 aromatic heterocycles. The Hall–Kier alpha value is -4.14. The Balaban J connectivity index is 1.63. The molecule has 4 aromatic rings. The zero-order valence-corrected chi connectivity index (χ0v) is 17.9. The number of halogens is 2. The third kappa shape index (κ3) is 4.87. The highest BCUT2D eigenvalue weighted by atomic mass is 19.1. The van der Waals surface area contributed by atoms with Gasteiger partial charge in [-0.15, -0.1) is 0 Å². The number of nitrogens with zero attached hydrogens (tertiary/aromatic N) is 3. The molecule has 0 fully saturated rings. The fourth-order valence-electron chi connectivity index (χ4n) is 3.48. The van der Waals surface area contributed by atoms with E-state index in [1.54, 1.807) is 36.5 Å². The number of benzene rings is 2. The summed E-state index contributed by atoms with van der Waals surface area (Å²) in [6.07, 6.45) is 1.57. The molecule has 0 bridgehead atoms. The monoisotopic (exact) mass is 450 g/mol. The molecule has 4 rings (SSSR count). The number of pyridine rings is 1. The highest BCUT2D eigenvalue weighted by Crippen LogP contribution is 2.20. The second-order valence-electron chi connectivity index (χ2n) is 7.49. The Kier molecular flexibility index (Phi) is 6.12. The summed E-state index contributed by atoms with van der Waals surface area (Å²) in [5.74, 6) is -1.59. The number of esters is 1. The number of methoxy groups -OCH3 is 1. The van der Waals surface area contributed by atoms with Gasteiger partial charge in [0.2, 0.25) is 5.95 Å². The van der Waals surface area contributed by atoms with Crippen LogP contribution in [0.4, 0.5) is 14.7 Å². The van der Waals surface area contributed by atoms with Gasteiger partial charge in [0.15, 0.2) is 0 Å². The Morgan fingerprint density at radius 2 is 1.79 bits per heavy atom. The maximum atomic E-state index is 13.6. The van der Waals surface area contributed by atoms with E-state index in [0.717, 1.165) is 11.6 Å². The van der Waals surface area contributed by atoms with E-state index in [4.69, 9.17) is 4.74 Å². The first-order chi connectivity index (χ1) is 15.8. The molecular weight excluding hydrogens is 430 g/mol. The number of aromatic nitrogens is 3. The maximum Gasteiger partial charge on any atom is 0.337 e. The van der Waals surface area contributed by atoms with Crippen molar-refractivity contribution in [1.29, 1.82) is 0 Å². The van der Waals surface area contributed by atoms with Crippen LogP contribution >= 0.6 is 0 Å². The lowest BCUT2D eigenvalue weighted by atomic mass is 10.1. The van der Waals surface area contributed by atoms with Gasteiger partial charge in [0, 0.05) is 23.7 Å². The molecule has 0 aliphatic rings. The third-order valence-electron chi connectivity index (χ3n) is 5.16. The Morgan fingerprint density at radius 3 is 2.45 bits per heavy atom. The molecule has 2 aromatic carbocycles. The zero-order chi connectivity index (χ0) is 23.5. The minimum Gasteiger partial charge on any atom is -0.465 e. The van der Waals surface area contributed by atoms with E-state index in [9.17, 15) is 18.4 Å². The number of carbonyl (C=O) groups is 1. The largest absolute Gasteiger partial charge is 0.465 e. The number of hydrogen-bond donors (Lipinski definition) is 1. The van der Waals surface area contributed by atoms with Gasteiger partial charge in [0.05, 0.1) is 25.3 Å². The fraction of sp³-hybridized carbons (Fsp3) is 0.167. The lowest BCUT2D eigenvalue weighted by molar-refractivity contribution is 0.0600. The molecule has 0 aliphatic carbocycles. The van der Waals surface area contributed by atoms with Crippen molar-refractivity contribution in [2.45, 2.75) is 19.5 Å². The van der Waals surface area contributed by atoms with Gasteiger partial charge in [-0.2, -0.15) is 4.98 Å². The van der Waals surface area contributed by atoms with Gasteiger partial charge in [0.25, 0.3) is 5.56 Å². The van der Waals surface area contributed by atoms with Crippen LogP contribution in [-0.2, 0) is 11.3 Å². The quantitative estimate of drug-likeness (QED) is 0.446. The predicted molar refractivity (Wildman–Crippen MR) is 119 cm³/mol. The first-order valence-electron chi connectivity index (χ1n) is 10.1. The summed E-state index contributed by atoms with van der Waals surface area (Å²) in [5.41, 5.74) is 1.59. The van der Waals surface area contributed by atoms with Gasteiger partial charge in [-0.25, -0.2) is 18.6 Å². The van der Waals surface area contributed by atoms with E-state index in [2.05, 4.69) is 15.3 Å². The molecule has 2 heterocycles. The van der Waals surface area contributed by atoms with Gasteiger partial charge in [-0.1, -0.05) is 12.1 Å². The number of anilines is 1. The van der Waals surface area contributed by atoms with Crippen molar-refractivity contribution < 1.29 is 18.3 Å². The van der Waals surface area contributed by atoms with Gasteiger partial charge in [-0.05, 0) is 48.4 Å².